The molecule has 3 rings (SSSR count). The highest BCUT2D eigenvalue weighted by molar-refractivity contribution is 5.99. The van der Waals surface area contributed by atoms with Crippen LogP contribution in [0.5, 0.6) is 5.75 Å². The Morgan fingerprint density at radius 2 is 1.88 bits per heavy atom. The molecular formula is C20H24N2O4. The molecule has 1 aliphatic rings. The van der Waals surface area contributed by atoms with Crippen LogP contribution in [0.3, 0.4) is 0 Å². The van der Waals surface area contributed by atoms with E-state index in [0.717, 1.165) is 29.7 Å². The number of likely N-dealkylation sites (tertiary alicyclic amines) is 1. The Morgan fingerprint density at radius 1 is 1.19 bits per heavy atom. The highest BCUT2D eigenvalue weighted by atomic mass is 16.5. The monoisotopic (exact) mass is 356 g/mol. The Labute approximate surface area is 153 Å². The van der Waals surface area contributed by atoms with Gasteiger partial charge in [-0.15, -0.1) is 0 Å². The van der Waals surface area contributed by atoms with Gasteiger partial charge in [-0.3, -0.25) is 9.59 Å². The summed E-state index contributed by atoms with van der Waals surface area (Å²) in [4.78, 5) is 27.3. The third kappa shape index (κ3) is 3.49. The zero-order chi connectivity index (χ0) is 18.8. The number of aryl methyl sites for hydroxylation is 3. The molecule has 2 heterocycles. The number of ether oxygens (including phenoxy) is 1. The van der Waals surface area contributed by atoms with E-state index >= 15 is 0 Å². The summed E-state index contributed by atoms with van der Waals surface area (Å²) >= 11 is 0. The van der Waals surface area contributed by atoms with Gasteiger partial charge in [-0.1, -0.05) is 5.16 Å². The largest absolute Gasteiger partial charge is 0.496 e. The molecular weight excluding hydrogens is 332 g/mol. The Kier molecular flexibility index (Phi) is 5.11. The molecule has 0 bridgehead atoms. The maximum Gasteiger partial charge on any atom is 0.276 e. The zero-order valence-electron chi connectivity index (χ0n) is 15.7. The Hall–Kier alpha value is -2.63. The summed E-state index contributed by atoms with van der Waals surface area (Å²) in [6, 6.07) is 5.37. The van der Waals surface area contributed by atoms with Gasteiger partial charge in [0.25, 0.3) is 5.91 Å². The molecule has 2 aromatic rings. The molecule has 6 heteroatoms. The van der Waals surface area contributed by atoms with Crippen molar-refractivity contribution < 1.29 is 18.8 Å². The molecule has 6 nitrogen and oxygen atoms in total. The van der Waals surface area contributed by atoms with Gasteiger partial charge in [-0.05, 0) is 56.9 Å². The van der Waals surface area contributed by atoms with Crippen LogP contribution in [0.2, 0.25) is 0 Å². The average molecular weight is 356 g/mol. The van der Waals surface area contributed by atoms with Crippen molar-refractivity contribution in [2.45, 2.75) is 33.6 Å². The van der Waals surface area contributed by atoms with Crippen molar-refractivity contribution >= 4 is 11.7 Å². The minimum atomic E-state index is -0.201. The predicted molar refractivity (Wildman–Crippen MR) is 96.7 cm³/mol. The van der Waals surface area contributed by atoms with E-state index in [4.69, 9.17) is 9.26 Å². The van der Waals surface area contributed by atoms with Crippen LogP contribution in [-0.4, -0.2) is 41.9 Å². The minimum Gasteiger partial charge on any atom is -0.496 e. The van der Waals surface area contributed by atoms with Crippen LogP contribution < -0.4 is 4.74 Å². The number of carbonyl (C=O) groups is 2. The second-order valence-electron chi connectivity index (χ2n) is 6.92. The molecule has 1 amide bonds. The molecule has 0 spiro atoms. The number of ketones is 1. The van der Waals surface area contributed by atoms with E-state index in [2.05, 4.69) is 5.16 Å². The van der Waals surface area contributed by atoms with Crippen molar-refractivity contribution in [2.24, 2.45) is 5.92 Å². The summed E-state index contributed by atoms with van der Waals surface area (Å²) in [5.41, 5.74) is 2.86. The second kappa shape index (κ2) is 7.32. The lowest BCUT2D eigenvalue weighted by Gasteiger charge is -2.31. The zero-order valence-corrected chi connectivity index (χ0v) is 15.7. The molecule has 0 radical (unpaired) electrons. The highest BCUT2D eigenvalue weighted by Gasteiger charge is 2.31. The van der Waals surface area contributed by atoms with Gasteiger partial charge in [0.2, 0.25) is 0 Å². The van der Waals surface area contributed by atoms with Crippen LogP contribution in [0.25, 0.3) is 0 Å². The first-order valence-corrected chi connectivity index (χ1v) is 8.82. The average Bonchev–Trinajstić information content (AvgIpc) is 3.06. The SMILES string of the molecule is COc1c(C)cc(C(=O)[C@@H]2CCCN(C(=O)c3cc(C)on3)C2)cc1C. The quantitative estimate of drug-likeness (QED) is 0.786. The highest BCUT2D eigenvalue weighted by Crippen LogP contribution is 2.28. The first-order chi connectivity index (χ1) is 12.4. The van der Waals surface area contributed by atoms with Crippen molar-refractivity contribution in [3.63, 3.8) is 0 Å². The lowest BCUT2D eigenvalue weighted by atomic mass is 9.88. The van der Waals surface area contributed by atoms with Crippen LogP contribution in [0.15, 0.2) is 22.7 Å². The Morgan fingerprint density at radius 3 is 2.46 bits per heavy atom. The van der Waals surface area contributed by atoms with Gasteiger partial charge in [-0.2, -0.15) is 0 Å². The van der Waals surface area contributed by atoms with Gasteiger partial charge in [0.15, 0.2) is 11.5 Å². The smallest absolute Gasteiger partial charge is 0.276 e. The molecule has 1 saturated heterocycles. The van der Waals surface area contributed by atoms with E-state index in [0.29, 0.717) is 30.1 Å². The second-order valence-corrected chi connectivity index (χ2v) is 6.92. The third-order valence-electron chi connectivity index (χ3n) is 4.88. The van der Waals surface area contributed by atoms with Crippen LogP contribution >= 0.6 is 0 Å². The number of rotatable bonds is 4. The Bertz CT molecular complexity index is 817. The van der Waals surface area contributed by atoms with E-state index in [-0.39, 0.29) is 17.6 Å². The molecule has 1 fully saturated rings. The van der Waals surface area contributed by atoms with E-state index in [9.17, 15) is 9.59 Å². The number of carbonyl (C=O) groups excluding carboxylic acids is 2. The topological polar surface area (TPSA) is 72.6 Å². The molecule has 0 aliphatic carbocycles. The van der Waals surface area contributed by atoms with Crippen molar-refractivity contribution in [3.8, 4) is 5.75 Å². The molecule has 0 saturated carbocycles. The van der Waals surface area contributed by atoms with Gasteiger partial charge in [0.05, 0.1) is 7.11 Å². The molecule has 1 aromatic carbocycles. The number of hydrogen-bond acceptors (Lipinski definition) is 5. The molecule has 0 unspecified atom stereocenters. The summed E-state index contributed by atoms with van der Waals surface area (Å²) in [6.45, 7) is 6.67. The van der Waals surface area contributed by atoms with Gasteiger partial charge in [0, 0.05) is 30.6 Å². The first-order valence-electron chi connectivity index (χ1n) is 8.82. The number of Topliss-reactive ketones (excluding diaryl/α,β-unsaturated/α-hetero) is 1. The van der Waals surface area contributed by atoms with Crippen LogP contribution in [0, 0.1) is 26.7 Å². The molecule has 138 valence electrons. The van der Waals surface area contributed by atoms with Gasteiger partial charge < -0.3 is 14.2 Å². The van der Waals surface area contributed by atoms with Crippen molar-refractivity contribution in [1.82, 2.24) is 10.1 Å². The van der Waals surface area contributed by atoms with Crippen molar-refractivity contribution in [3.05, 3.63) is 46.3 Å². The Balaban J connectivity index is 1.77. The maximum atomic E-state index is 13.0. The standard InChI is InChI=1S/C20H24N2O4/c1-12-8-16(9-13(2)19(12)25-4)18(23)15-6-5-7-22(11-15)20(24)17-10-14(3)26-21-17/h8-10,15H,5-7,11H2,1-4H3/t15-/m1/s1. The summed E-state index contributed by atoms with van der Waals surface area (Å²) in [5, 5.41) is 3.80. The fourth-order valence-electron chi connectivity index (χ4n) is 3.66. The number of amides is 1. The van der Waals surface area contributed by atoms with Crippen LogP contribution in [0.1, 0.15) is 50.6 Å². The van der Waals surface area contributed by atoms with Gasteiger partial charge >= 0.3 is 0 Å². The molecule has 1 aliphatic heterocycles. The number of nitrogens with zero attached hydrogens (tertiary/aromatic N) is 2. The number of piperidine rings is 1. The van der Waals surface area contributed by atoms with Crippen molar-refractivity contribution in [2.75, 3.05) is 20.2 Å². The summed E-state index contributed by atoms with van der Waals surface area (Å²) in [7, 11) is 1.63. The number of hydrogen-bond donors (Lipinski definition) is 0. The first kappa shape index (κ1) is 18.2. The van der Waals surface area contributed by atoms with Gasteiger partial charge in [-0.25, -0.2) is 0 Å². The lowest BCUT2D eigenvalue weighted by molar-refractivity contribution is 0.0628. The molecule has 0 N–H and O–H groups in total. The molecule has 1 aromatic heterocycles. The van der Waals surface area contributed by atoms with E-state index < -0.39 is 0 Å². The van der Waals surface area contributed by atoms with Crippen LogP contribution in [0.4, 0.5) is 0 Å². The van der Waals surface area contributed by atoms with E-state index in [1.807, 2.05) is 26.0 Å². The van der Waals surface area contributed by atoms with Gasteiger partial charge in [0.1, 0.15) is 11.5 Å². The maximum absolute atomic E-state index is 13.0. The van der Waals surface area contributed by atoms with E-state index in [1.165, 1.54) is 0 Å². The number of benzene rings is 1. The van der Waals surface area contributed by atoms with Crippen LogP contribution in [-0.2, 0) is 0 Å². The number of aromatic nitrogens is 1. The fraction of sp³-hybridized carbons (Fsp3) is 0.450. The molecule has 1 atom stereocenters. The summed E-state index contributed by atoms with van der Waals surface area (Å²) in [5.74, 6) is 1.10. The lowest BCUT2D eigenvalue weighted by Crippen LogP contribution is -2.42. The predicted octanol–water partition coefficient (Wildman–Crippen LogP) is 3.34. The third-order valence-corrected chi connectivity index (χ3v) is 4.88. The summed E-state index contributed by atoms with van der Waals surface area (Å²) in [6.07, 6.45) is 1.58. The summed E-state index contributed by atoms with van der Waals surface area (Å²) < 4.78 is 10.4. The van der Waals surface area contributed by atoms with Crippen molar-refractivity contribution in [1.29, 1.82) is 0 Å². The molecule has 26 heavy (non-hydrogen) atoms. The normalized spacial score (nSPS) is 17.2. The number of methoxy groups -OCH3 is 1. The minimum absolute atomic E-state index is 0.0766. The van der Waals surface area contributed by atoms with E-state index in [1.54, 1.807) is 25.0 Å². The fourth-order valence-corrected chi connectivity index (χ4v) is 3.66.